The summed E-state index contributed by atoms with van der Waals surface area (Å²) < 4.78 is 6.30. The summed E-state index contributed by atoms with van der Waals surface area (Å²) in [5.41, 5.74) is 8.47. The van der Waals surface area contributed by atoms with Crippen LogP contribution in [0.25, 0.3) is 0 Å². The Morgan fingerprint density at radius 3 is 2.67 bits per heavy atom. The van der Waals surface area contributed by atoms with Crippen molar-refractivity contribution in [3.63, 3.8) is 0 Å². The van der Waals surface area contributed by atoms with E-state index in [1.165, 1.54) is 11.1 Å². The largest absolute Gasteiger partial charge is 0.383 e. The van der Waals surface area contributed by atoms with Crippen LogP contribution in [0.1, 0.15) is 24.1 Å². The molecule has 1 aromatic rings. The molecule has 0 saturated carbocycles. The zero-order chi connectivity index (χ0) is 13.5. The zero-order valence-electron chi connectivity index (χ0n) is 11.4. The van der Waals surface area contributed by atoms with E-state index >= 15 is 0 Å². The maximum Gasteiger partial charge on any atom is 0.0589 e. The molecule has 0 amide bonds. The quantitative estimate of drug-likeness (QED) is 0.841. The molecule has 2 N–H and O–H groups in total. The molecule has 1 rings (SSSR count). The first-order valence-corrected chi connectivity index (χ1v) is 7.12. The number of ether oxygens (including phenoxy) is 1. The Labute approximate surface area is 118 Å². The number of benzene rings is 1. The Bertz CT molecular complexity index is 371. The third-order valence-electron chi connectivity index (χ3n) is 3.22. The van der Waals surface area contributed by atoms with Crippen LogP contribution in [0, 0.1) is 6.92 Å². The van der Waals surface area contributed by atoms with E-state index < -0.39 is 0 Å². The van der Waals surface area contributed by atoms with E-state index in [1.54, 1.807) is 7.11 Å². The molecule has 0 aliphatic rings. The second-order valence-electron chi connectivity index (χ2n) is 4.38. The minimum Gasteiger partial charge on any atom is -0.383 e. The van der Waals surface area contributed by atoms with Crippen molar-refractivity contribution in [3.8, 4) is 0 Å². The number of rotatable bonds is 7. The molecular formula is C14H23BrN2O. The molecule has 0 aliphatic heterocycles. The van der Waals surface area contributed by atoms with Gasteiger partial charge in [-0.2, -0.15) is 0 Å². The summed E-state index contributed by atoms with van der Waals surface area (Å²) in [6.45, 7) is 7.50. The van der Waals surface area contributed by atoms with Gasteiger partial charge in [-0.3, -0.25) is 4.90 Å². The molecule has 0 aromatic heterocycles. The van der Waals surface area contributed by atoms with E-state index in [0.717, 1.165) is 24.2 Å². The minimum absolute atomic E-state index is 0.261. The number of nitrogens with zero attached hydrogens (tertiary/aromatic N) is 1. The summed E-state index contributed by atoms with van der Waals surface area (Å²) in [4.78, 5) is 2.35. The van der Waals surface area contributed by atoms with E-state index in [1.807, 2.05) is 0 Å². The number of halogens is 1. The van der Waals surface area contributed by atoms with Gasteiger partial charge in [0, 0.05) is 30.7 Å². The lowest BCUT2D eigenvalue weighted by molar-refractivity contribution is 0.125. The van der Waals surface area contributed by atoms with Crippen LogP contribution in [-0.4, -0.2) is 38.3 Å². The zero-order valence-corrected chi connectivity index (χ0v) is 13.0. The third kappa shape index (κ3) is 4.05. The third-order valence-corrected chi connectivity index (χ3v) is 4.11. The number of nitrogens with two attached hydrogens (primary N) is 1. The molecule has 0 heterocycles. The van der Waals surface area contributed by atoms with E-state index in [2.05, 4.69) is 52.9 Å². The fraction of sp³-hybridized carbons (Fsp3) is 0.571. The van der Waals surface area contributed by atoms with Crippen LogP contribution in [0.15, 0.2) is 22.7 Å². The molecule has 0 fully saturated rings. The first-order chi connectivity index (χ1) is 8.63. The van der Waals surface area contributed by atoms with Crippen LogP contribution in [-0.2, 0) is 4.74 Å². The second-order valence-corrected chi connectivity index (χ2v) is 5.24. The summed E-state index contributed by atoms with van der Waals surface area (Å²) in [6.07, 6.45) is 0. The Hall–Kier alpha value is -0.420. The molecule has 3 nitrogen and oxygen atoms in total. The highest BCUT2D eigenvalue weighted by Crippen LogP contribution is 2.24. The number of hydrogen-bond donors (Lipinski definition) is 1. The van der Waals surface area contributed by atoms with Crippen molar-refractivity contribution in [2.24, 2.45) is 5.73 Å². The number of methoxy groups -OCH3 is 1. The molecule has 0 bridgehead atoms. The van der Waals surface area contributed by atoms with E-state index in [4.69, 9.17) is 10.5 Å². The summed E-state index contributed by atoms with van der Waals surface area (Å²) in [6, 6.07) is 6.70. The summed E-state index contributed by atoms with van der Waals surface area (Å²) in [5, 5.41) is 0. The van der Waals surface area contributed by atoms with Crippen molar-refractivity contribution in [2.45, 2.75) is 19.9 Å². The van der Waals surface area contributed by atoms with Gasteiger partial charge in [-0.25, -0.2) is 0 Å². The highest BCUT2D eigenvalue weighted by molar-refractivity contribution is 9.10. The lowest BCUT2D eigenvalue weighted by Gasteiger charge is -2.30. The molecule has 0 saturated heterocycles. The van der Waals surface area contributed by atoms with Crippen molar-refractivity contribution in [1.82, 2.24) is 4.90 Å². The van der Waals surface area contributed by atoms with Crippen molar-refractivity contribution < 1.29 is 4.74 Å². The smallest absolute Gasteiger partial charge is 0.0589 e. The average Bonchev–Trinajstić information content (AvgIpc) is 2.38. The molecular weight excluding hydrogens is 292 g/mol. The van der Waals surface area contributed by atoms with Gasteiger partial charge in [-0.1, -0.05) is 35.0 Å². The van der Waals surface area contributed by atoms with Gasteiger partial charge in [0.25, 0.3) is 0 Å². The van der Waals surface area contributed by atoms with E-state index in [9.17, 15) is 0 Å². The fourth-order valence-corrected chi connectivity index (χ4v) is 2.36. The van der Waals surface area contributed by atoms with Crippen LogP contribution < -0.4 is 5.73 Å². The first kappa shape index (κ1) is 15.6. The Morgan fingerprint density at radius 1 is 1.44 bits per heavy atom. The number of likely N-dealkylation sites (N-methyl/N-ethyl adjacent to an activating group) is 1. The van der Waals surface area contributed by atoms with Gasteiger partial charge in [0.2, 0.25) is 0 Å². The van der Waals surface area contributed by atoms with Gasteiger partial charge in [-0.15, -0.1) is 0 Å². The number of hydrogen-bond acceptors (Lipinski definition) is 3. The van der Waals surface area contributed by atoms with E-state index in [0.29, 0.717) is 6.54 Å². The normalized spacial score (nSPS) is 13.0. The molecule has 1 aromatic carbocycles. The average molecular weight is 315 g/mol. The summed E-state index contributed by atoms with van der Waals surface area (Å²) in [5.74, 6) is 0. The lowest BCUT2D eigenvalue weighted by atomic mass is 10.0. The highest BCUT2D eigenvalue weighted by Gasteiger charge is 2.17. The van der Waals surface area contributed by atoms with Crippen molar-refractivity contribution >= 4 is 15.9 Å². The maximum atomic E-state index is 5.95. The van der Waals surface area contributed by atoms with Gasteiger partial charge >= 0.3 is 0 Å². The van der Waals surface area contributed by atoms with Gasteiger partial charge in [0.05, 0.1) is 6.61 Å². The highest BCUT2D eigenvalue weighted by atomic mass is 79.9. The Morgan fingerprint density at radius 2 is 2.17 bits per heavy atom. The summed E-state index contributed by atoms with van der Waals surface area (Å²) >= 11 is 3.53. The standard InChI is InChI=1S/C14H23BrN2O/c1-4-17(7-8-18-3)14(10-16)12-5-6-13(15)11(2)9-12/h5-6,9,14H,4,7-8,10,16H2,1-3H3. The van der Waals surface area contributed by atoms with Gasteiger partial charge < -0.3 is 10.5 Å². The topological polar surface area (TPSA) is 38.5 Å². The van der Waals surface area contributed by atoms with E-state index in [-0.39, 0.29) is 6.04 Å². The molecule has 1 atom stereocenters. The lowest BCUT2D eigenvalue weighted by Crippen LogP contribution is -2.36. The molecule has 102 valence electrons. The molecule has 0 spiro atoms. The minimum atomic E-state index is 0.261. The van der Waals surface area contributed by atoms with Crippen molar-refractivity contribution in [2.75, 3.05) is 33.4 Å². The van der Waals surface area contributed by atoms with Gasteiger partial charge in [-0.05, 0) is 30.7 Å². The number of aryl methyl sites for hydroxylation is 1. The maximum absolute atomic E-state index is 5.95. The monoisotopic (exact) mass is 314 g/mol. The SMILES string of the molecule is CCN(CCOC)C(CN)c1ccc(Br)c(C)c1. The van der Waals surface area contributed by atoms with Crippen LogP contribution >= 0.6 is 15.9 Å². The molecule has 1 unspecified atom stereocenters. The van der Waals surface area contributed by atoms with Crippen LogP contribution in [0.3, 0.4) is 0 Å². The van der Waals surface area contributed by atoms with Gasteiger partial charge in [0.1, 0.15) is 0 Å². The summed E-state index contributed by atoms with van der Waals surface area (Å²) in [7, 11) is 1.73. The molecule has 0 aliphatic carbocycles. The van der Waals surface area contributed by atoms with Crippen molar-refractivity contribution in [3.05, 3.63) is 33.8 Å². The van der Waals surface area contributed by atoms with Crippen LogP contribution in [0.4, 0.5) is 0 Å². The predicted octanol–water partition coefficient (Wildman–Crippen LogP) is 2.73. The second kappa shape index (κ2) is 7.89. The van der Waals surface area contributed by atoms with Gasteiger partial charge in [0.15, 0.2) is 0 Å². The Kier molecular flexibility index (Phi) is 6.86. The first-order valence-electron chi connectivity index (χ1n) is 6.33. The molecule has 18 heavy (non-hydrogen) atoms. The fourth-order valence-electron chi connectivity index (χ4n) is 2.11. The molecule has 0 radical (unpaired) electrons. The van der Waals surface area contributed by atoms with Crippen LogP contribution in [0.2, 0.25) is 0 Å². The van der Waals surface area contributed by atoms with Crippen LogP contribution in [0.5, 0.6) is 0 Å². The Balaban J connectivity index is 2.88. The van der Waals surface area contributed by atoms with Crippen molar-refractivity contribution in [1.29, 1.82) is 0 Å². The molecule has 4 heteroatoms. The predicted molar refractivity (Wildman–Crippen MR) is 79.8 cm³/mol.